The summed E-state index contributed by atoms with van der Waals surface area (Å²) in [4.78, 5) is 24.6. The Bertz CT molecular complexity index is 747. The molecule has 0 spiro atoms. The quantitative estimate of drug-likeness (QED) is 0.448. The van der Waals surface area contributed by atoms with Gasteiger partial charge in [-0.15, -0.1) is 0 Å². The number of benzene rings is 2. The van der Waals surface area contributed by atoms with Gasteiger partial charge in [0.25, 0.3) is 0 Å². The number of esters is 2. The summed E-state index contributed by atoms with van der Waals surface area (Å²) in [6.07, 6.45) is -3.73. The highest BCUT2D eigenvalue weighted by molar-refractivity contribution is 5.94. The van der Waals surface area contributed by atoms with Crippen molar-refractivity contribution in [1.29, 1.82) is 0 Å². The summed E-state index contributed by atoms with van der Waals surface area (Å²) in [6, 6.07) is 17.4. The van der Waals surface area contributed by atoms with Gasteiger partial charge in [-0.05, 0) is 17.5 Å². The molecule has 0 bridgehead atoms. The molecule has 0 atom stereocenters. The fourth-order valence-corrected chi connectivity index (χ4v) is 2.36. The molecule has 0 saturated carbocycles. The van der Waals surface area contributed by atoms with Gasteiger partial charge in [0.1, 0.15) is 13.2 Å². The Morgan fingerprint density at radius 3 is 1.57 bits per heavy atom. The molecule has 7 heteroatoms. The third-order valence-corrected chi connectivity index (χ3v) is 3.87. The van der Waals surface area contributed by atoms with Crippen molar-refractivity contribution < 1.29 is 32.2 Å². The van der Waals surface area contributed by atoms with Gasteiger partial charge in [0, 0.05) is 6.42 Å². The van der Waals surface area contributed by atoms with E-state index in [9.17, 15) is 22.8 Å². The molecule has 0 aliphatic carbocycles. The first-order valence-electron chi connectivity index (χ1n) is 8.58. The fraction of sp³-hybridized carbons (Fsp3) is 0.238. The lowest BCUT2D eigenvalue weighted by Gasteiger charge is -2.15. The van der Waals surface area contributed by atoms with Crippen molar-refractivity contribution >= 4 is 11.9 Å². The van der Waals surface area contributed by atoms with Gasteiger partial charge in [-0.1, -0.05) is 60.7 Å². The topological polar surface area (TPSA) is 52.6 Å². The molecule has 0 amide bonds. The minimum Gasteiger partial charge on any atom is -0.460 e. The SMILES string of the molecule is O=C(OCc1ccccc1)C(CCC(F)=C(F)F)C(=O)OCc1ccccc1. The molecule has 0 radical (unpaired) electrons. The molecule has 0 heterocycles. The van der Waals surface area contributed by atoms with Crippen molar-refractivity contribution in [3.63, 3.8) is 0 Å². The second-order valence-electron chi connectivity index (χ2n) is 5.94. The molecular weight excluding hydrogens is 373 g/mol. The molecule has 0 fully saturated rings. The smallest absolute Gasteiger partial charge is 0.320 e. The molecule has 148 valence electrons. The molecular formula is C21H19F3O4. The Morgan fingerprint density at radius 1 is 0.750 bits per heavy atom. The summed E-state index contributed by atoms with van der Waals surface area (Å²) in [5.74, 6) is -5.07. The van der Waals surface area contributed by atoms with Crippen molar-refractivity contribution in [2.24, 2.45) is 5.92 Å². The van der Waals surface area contributed by atoms with Crippen molar-refractivity contribution in [2.45, 2.75) is 26.1 Å². The maximum absolute atomic E-state index is 13.1. The summed E-state index contributed by atoms with van der Waals surface area (Å²) in [5.41, 5.74) is 1.38. The summed E-state index contributed by atoms with van der Waals surface area (Å²) in [7, 11) is 0. The van der Waals surface area contributed by atoms with E-state index in [2.05, 4.69) is 0 Å². The van der Waals surface area contributed by atoms with Gasteiger partial charge in [-0.25, -0.2) is 4.39 Å². The predicted molar refractivity (Wildman–Crippen MR) is 95.6 cm³/mol. The largest absolute Gasteiger partial charge is 0.460 e. The molecule has 0 aliphatic rings. The van der Waals surface area contributed by atoms with E-state index in [1.165, 1.54) is 0 Å². The van der Waals surface area contributed by atoms with Crippen LogP contribution in [-0.4, -0.2) is 11.9 Å². The Morgan fingerprint density at radius 2 is 1.18 bits per heavy atom. The van der Waals surface area contributed by atoms with Crippen LogP contribution in [0.4, 0.5) is 13.2 Å². The number of carbonyl (C=O) groups excluding carboxylic acids is 2. The molecule has 0 N–H and O–H groups in total. The second kappa shape index (κ2) is 10.9. The number of rotatable bonds is 9. The van der Waals surface area contributed by atoms with Crippen LogP contribution in [0.5, 0.6) is 0 Å². The number of carbonyl (C=O) groups is 2. The lowest BCUT2D eigenvalue weighted by molar-refractivity contribution is -0.164. The van der Waals surface area contributed by atoms with E-state index in [1.807, 2.05) is 0 Å². The number of ether oxygens (including phenoxy) is 2. The number of halogens is 3. The summed E-state index contributed by atoms with van der Waals surface area (Å²) >= 11 is 0. The molecule has 2 aromatic rings. The maximum atomic E-state index is 13.1. The van der Waals surface area contributed by atoms with Gasteiger partial charge < -0.3 is 9.47 Å². The third-order valence-electron chi connectivity index (χ3n) is 3.87. The second-order valence-corrected chi connectivity index (χ2v) is 5.94. The van der Waals surface area contributed by atoms with Crippen LogP contribution < -0.4 is 0 Å². The molecule has 0 aliphatic heterocycles. The first-order valence-corrected chi connectivity index (χ1v) is 8.58. The number of allylic oxidation sites excluding steroid dienone is 1. The van der Waals surface area contributed by atoms with Crippen LogP contribution in [0.1, 0.15) is 24.0 Å². The molecule has 2 aromatic carbocycles. The first-order chi connectivity index (χ1) is 13.5. The van der Waals surface area contributed by atoms with E-state index in [0.717, 1.165) is 0 Å². The summed E-state index contributed by atoms with van der Waals surface area (Å²) in [5, 5.41) is 0. The number of hydrogen-bond donors (Lipinski definition) is 0. The lowest BCUT2D eigenvalue weighted by Crippen LogP contribution is -2.28. The summed E-state index contributed by atoms with van der Waals surface area (Å²) < 4.78 is 47.9. The molecule has 0 unspecified atom stereocenters. The predicted octanol–water partition coefficient (Wildman–Crippen LogP) is 4.95. The zero-order chi connectivity index (χ0) is 20.4. The van der Waals surface area contributed by atoms with Gasteiger partial charge >= 0.3 is 18.0 Å². The highest BCUT2D eigenvalue weighted by Crippen LogP contribution is 2.21. The molecule has 0 saturated heterocycles. The Labute approximate surface area is 160 Å². The van der Waals surface area contributed by atoms with Crippen LogP contribution in [0.25, 0.3) is 0 Å². The molecule has 4 nitrogen and oxygen atoms in total. The van der Waals surface area contributed by atoms with Gasteiger partial charge in [0.05, 0.1) is 0 Å². The average molecular weight is 392 g/mol. The van der Waals surface area contributed by atoms with Crippen molar-refractivity contribution in [1.82, 2.24) is 0 Å². The Hall–Kier alpha value is -3.09. The standard InChI is InChI=1S/C21H19F3O4/c22-18(19(23)24)12-11-17(20(25)27-13-15-7-3-1-4-8-15)21(26)28-14-16-9-5-2-6-10-16/h1-10,17H,11-14H2. The summed E-state index contributed by atoms with van der Waals surface area (Å²) in [6.45, 7) is -0.199. The van der Waals surface area contributed by atoms with E-state index in [0.29, 0.717) is 11.1 Å². The van der Waals surface area contributed by atoms with Crippen LogP contribution in [0.3, 0.4) is 0 Å². The fourth-order valence-electron chi connectivity index (χ4n) is 2.36. The highest BCUT2D eigenvalue weighted by atomic mass is 19.3. The van der Waals surface area contributed by atoms with Gasteiger partial charge in [-0.3, -0.25) is 9.59 Å². The molecule has 2 rings (SSSR count). The van der Waals surface area contributed by atoms with Gasteiger partial charge in [0.15, 0.2) is 11.7 Å². The van der Waals surface area contributed by atoms with Crippen LogP contribution in [0.2, 0.25) is 0 Å². The van der Waals surface area contributed by atoms with Crippen LogP contribution >= 0.6 is 0 Å². The normalized spacial score (nSPS) is 10.4. The zero-order valence-corrected chi connectivity index (χ0v) is 14.9. The first kappa shape index (κ1) is 21.2. The maximum Gasteiger partial charge on any atom is 0.320 e. The van der Waals surface area contributed by atoms with Crippen molar-refractivity contribution in [3.8, 4) is 0 Å². The minimum absolute atomic E-state index is 0.0993. The third kappa shape index (κ3) is 6.90. The lowest BCUT2D eigenvalue weighted by atomic mass is 10.0. The van der Waals surface area contributed by atoms with Gasteiger partial charge in [-0.2, -0.15) is 8.78 Å². The zero-order valence-electron chi connectivity index (χ0n) is 14.9. The van der Waals surface area contributed by atoms with Crippen molar-refractivity contribution in [2.75, 3.05) is 0 Å². The van der Waals surface area contributed by atoms with E-state index in [1.54, 1.807) is 60.7 Å². The number of hydrogen-bond acceptors (Lipinski definition) is 4. The highest BCUT2D eigenvalue weighted by Gasteiger charge is 2.30. The van der Waals surface area contributed by atoms with E-state index >= 15 is 0 Å². The van der Waals surface area contributed by atoms with E-state index < -0.39 is 42.6 Å². The minimum atomic E-state index is -2.48. The van der Waals surface area contributed by atoms with Crippen LogP contribution in [0.15, 0.2) is 72.6 Å². The molecule has 28 heavy (non-hydrogen) atoms. The van der Waals surface area contributed by atoms with Crippen molar-refractivity contribution in [3.05, 3.63) is 83.7 Å². The molecule has 0 aromatic heterocycles. The van der Waals surface area contributed by atoms with Gasteiger partial charge in [0.2, 0.25) is 0 Å². The van der Waals surface area contributed by atoms with Crippen LogP contribution in [-0.2, 0) is 32.3 Å². The Balaban J connectivity index is 2.00. The average Bonchev–Trinajstić information content (AvgIpc) is 2.72. The Kier molecular flexibility index (Phi) is 8.27. The van der Waals surface area contributed by atoms with E-state index in [4.69, 9.17) is 9.47 Å². The van der Waals surface area contributed by atoms with Crippen LogP contribution in [0, 0.1) is 5.92 Å². The van der Waals surface area contributed by atoms with E-state index in [-0.39, 0.29) is 13.2 Å². The monoisotopic (exact) mass is 392 g/mol.